The summed E-state index contributed by atoms with van der Waals surface area (Å²) in [7, 11) is 0. The van der Waals surface area contributed by atoms with Gasteiger partial charge in [-0.25, -0.2) is 4.98 Å². The third-order valence-corrected chi connectivity index (χ3v) is 5.54. The van der Waals surface area contributed by atoms with Crippen molar-refractivity contribution in [2.75, 3.05) is 10.6 Å². The second-order valence-electron chi connectivity index (χ2n) is 9.26. The quantitative estimate of drug-likeness (QED) is 0.359. The molecule has 1 amide bonds. The van der Waals surface area contributed by atoms with Crippen LogP contribution in [-0.2, 0) is 10.2 Å². The van der Waals surface area contributed by atoms with Gasteiger partial charge in [0.2, 0.25) is 11.8 Å². The van der Waals surface area contributed by atoms with Crippen molar-refractivity contribution in [2.45, 2.75) is 39.0 Å². The molecule has 33 heavy (non-hydrogen) atoms. The van der Waals surface area contributed by atoms with E-state index in [1.54, 1.807) is 6.20 Å². The maximum Gasteiger partial charge on any atom is 0.300 e. The molecule has 7 heteroatoms. The molecule has 7 nitrogen and oxygen atoms in total. The SMILES string of the molecule is CC(C)(C)c1ccccc1Oc1ncccc1Nc1nc2c(NC(=O)C3CC3)cccc2o1. The minimum atomic E-state index is -0.0828. The van der Waals surface area contributed by atoms with E-state index in [0.29, 0.717) is 34.4 Å². The third kappa shape index (κ3) is 4.53. The van der Waals surface area contributed by atoms with Gasteiger partial charge in [0.05, 0.1) is 5.69 Å². The van der Waals surface area contributed by atoms with Gasteiger partial charge in [-0.3, -0.25) is 4.79 Å². The number of pyridine rings is 1. The van der Waals surface area contributed by atoms with Gasteiger partial charge in [-0.15, -0.1) is 0 Å². The lowest BCUT2D eigenvalue weighted by molar-refractivity contribution is -0.117. The Balaban J connectivity index is 1.43. The van der Waals surface area contributed by atoms with Crippen molar-refractivity contribution in [1.29, 1.82) is 0 Å². The zero-order valence-corrected chi connectivity index (χ0v) is 18.9. The number of amides is 1. The highest BCUT2D eigenvalue weighted by Gasteiger charge is 2.30. The van der Waals surface area contributed by atoms with E-state index in [-0.39, 0.29) is 17.2 Å². The van der Waals surface area contributed by atoms with E-state index in [1.807, 2.05) is 48.5 Å². The summed E-state index contributed by atoms with van der Waals surface area (Å²) in [6.45, 7) is 6.43. The molecule has 4 aromatic rings. The van der Waals surface area contributed by atoms with E-state index >= 15 is 0 Å². The fourth-order valence-corrected chi connectivity index (χ4v) is 3.65. The molecule has 5 rings (SSSR count). The molecule has 1 saturated carbocycles. The first-order valence-corrected chi connectivity index (χ1v) is 11.1. The highest BCUT2D eigenvalue weighted by Crippen LogP contribution is 2.37. The number of ether oxygens (including phenoxy) is 1. The second kappa shape index (κ2) is 8.24. The summed E-state index contributed by atoms with van der Waals surface area (Å²) in [6.07, 6.45) is 3.56. The van der Waals surface area contributed by atoms with Gasteiger partial charge in [0.1, 0.15) is 17.0 Å². The summed E-state index contributed by atoms with van der Waals surface area (Å²) in [5.74, 6) is 1.30. The summed E-state index contributed by atoms with van der Waals surface area (Å²) in [5, 5.41) is 6.14. The summed E-state index contributed by atoms with van der Waals surface area (Å²) in [4.78, 5) is 21.2. The molecule has 0 spiro atoms. The average molecular weight is 443 g/mol. The van der Waals surface area contributed by atoms with Gasteiger partial charge in [0.15, 0.2) is 5.58 Å². The summed E-state index contributed by atoms with van der Waals surface area (Å²) in [5.41, 5.74) is 3.44. The van der Waals surface area contributed by atoms with Crippen molar-refractivity contribution in [3.63, 3.8) is 0 Å². The monoisotopic (exact) mass is 442 g/mol. The summed E-state index contributed by atoms with van der Waals surface area (Å²) in [6, 6.07) is 17.4. The number of hydrogen-bond acceptors (Lipinski definition) is 6. The van der Waals surface area contributed by atoms with Crippen LogP contribution < -0.4 is 15.4 Å². The normalized spacial score (nSPS) is 13.7. The molecule has 1 fully saturated rings. The molecule has 168 valence electrons. The topological polar surface area (TPSA) is 89.3 Å². The van der Waals surface area contributed by atoms with Crippen LogP contribution in [0.2, 0.25) is 0 Å². The maximum absolute atomic E-state index is 12.2. The molecule has 0 saturated heterocycles. The zero-order chi connectivity index (χ0) is 23.0. The number of oxazole rings is 1. The summed E-state index contributed by atoms with van der Waals surface area (Å²) >= 11 is 0. The van der Waals surface area contributed by atoms with Crippen LogP contribution in [0.5, 0.6) is 11.6 Å². The molecular weight excluding hydrogens is 416 g/mol. The van der Waals surface area contributed by atoms with Crippen LogP contribution in [0.3, 0.4) is 0 Å². The fourth-order valence-electron chi connectivity index (χ4n) is 3.65. The zero-order valence-electron chi connectivity index (χ0n) is 18.9. The van der Waals surface area contributed by atoms with E-state index < -0.39 is 0 Å². The number of benzene rings is 2. The van der Waals surface area contributed by atoms with Crippen LogP contribution in [-0.4, -0.2) is 15.9 Å². The first kappa shape index (κ1) is 21.0. The first-order valence-electron chi connectivity index (χ1n) is 11.1. The Morgan fingerprint density at radius 1 is 1.03 bits per heavy atom. The molecule has 0 atom stereocenters. The minimum Gasteiger partial charge on any atom is -0.437 e. The Kier molecular flexibility index (Phi) is 5.24. The second-order valence-corrected chi connectivity index (χ2v) is 9.26. The van der Waals surface area contributed by atoms with E-state index in [4.69, 9.17) is 9.15 Å². The predicted molar refractivity (Wildman–Crippen MR) is 128 cm³/mol. The Hall–Kier alpha value is -3.87. The Morgan fingerprint density at radius 3 is 2.61 bits per heavy atom. The maximum atomic E-state index is 12.2. The Labute approximate surface area is 192 Å². The smallest absolute Gasteiger partial charge is 0.300 e. The lowest BCUT2D eigenvalue weighted by atomic mass is 9.86. The van der Waals surface area contributed by atoms with Crippen LogP contribution in [0.1, 0.15) is 39.2 Å². The molecule has 2 aromatic heterocycles. The van der Waals surface area contributed by atoms with Crippen LogP contribution in [0.15, 0.2) is 65.2 Å². The number of rotatable bonds is 6. The van der Waals surface area contributed by atoms with E-state index in [9.17, 15) is 4.79 Å². The Morgan fingerprint density at radius 2 is 1.82 bits per heavy atom. The number of para-hydroxylation sites is 2. The largest absolute Gasteiger partial charge is 0.437 e. The number of nitrogens with zero attached hydrogens (tertiary/aromatic N) is 2. The number of anilines is 3. The molecule has 2 aromatic carbocycles. The molecule has 0 aliphatic heterocycles. The van der Waals surface area contributed by atoms with E-state index in [1.165, 1.54) is 0 Å². The van der Waals surface area contributed by atoms with E-state index in [2.05, 4.69) is 47.4 Å². The number of carbonyl (C=O) groups is 1. The van der Waals surface area contributed by atoms with Crippen molar-refractivity contribution >= 4 is 34.4 Å². The fraction of sp³-hybridized carbons (Fsp3) is 0.269. The van der Waals surface area contributed by atoms with Gasteiger partial charge in [-0.1, -0.05) is 45.0 Å². The molecule has 1 aliphatic carbocycles. The van der Waals surface area contributed by atoms with Gasteiger partial charge in [0.25, 0.3) is 6.01 Å². The number of fused-ring (bicyclic) bond motifs is 1. The predicted octanol–water partition coefficient (Wildman–Crippen LogP) is 6.40. The van der Waals surface area contributed by atoms with Gasteiger partial charge < -0.3 is 19.8 Å². The van der Waals surface area contributed by atoms with Gasteiger partial charge in [-0.2, -0.15) is 4.98 Å². The van der Waals surface area contributed by atoms with Gasteiger partial charge in [-0.05, 0) is 48.6 Å². The van der Waals surface area contributed by atoms with Crippen molar-refractivity contribution in [2.24, 2.45) is 5.92 Å². The van der Waals surface area contributed by atoms with Crippen molar-refractivity contribution in [3.8, 4) is 11.6 Å². The third-order valence-electron chi connectivity index (χ3n) is 5.54. The van der Waals surface area contributed by atoms with Crippen LogP contribution in [0.4, 0.5) is 17.4 Å². The molecule has 2 N–H and O–H groups in total. The van der Waals surface area contributed by atoms with Crippen LogP contribution >= 0.6 is 0 Å². The first-order chi connectivity index (χ1) is 15.9. The van der Waals surface area contributed by atoms with Crippen molar-refractivity contribution < 1.29 is 13.9 Å². The number of hydrogen-bond donors (Lipinski definition) is 2. The molecule has 2 heterocycles. The molecular formula is C26H26N4O3. The standard InChI is InChI=1S/C26H26N4O3/c1-26(2,3)17-8-4-5-11-20(17)32-24-19(10-7-15-27-24)29-25-30-22-18(9-6-12-21(22)33-25)28-23(31)16-13-14-16/h4-12,15-16H,13-14H2,1-3H3,(H,28,31)(H,29,30). The molecule has 0 unspecified atom stereocenters. The highest BCUT2D eigenvalue weighted by atomic mass is 16.5. The minimum absolute atomic E-state index is 0.0282. The molecule has 0 bridgehead atoms. The van der Waals surface area contributed by atoms with Crippen molar-refractivity contribution in [1.82, 2.24) is 9.97 Å². The molecule has 1 aliphatic rings. The number of aromatic nitrogens is 2. The van der Waals surface area contributed by atoms with Gasteiger partial charge in [0, 0.05) is 17.7 Å². The average Bonchev–Trinajstić information content (AvgIpc) is 3.55. The van der Waals surface area contributed by atoms with Crippen LogP contribution in [0, 0.1) is 5.92 Å². The van der Waals surface area contributed by atoms with E-state index in [0.717, 1.165) is 24.2 Å². The van der Waals surface area contributed by atoms with Gasteiger partial charge >= 0.3 is 0 Å². The summed E-state index contributed by atoms with van der Waals surface area (Å²) < 4.78 is 12.1. The van der Waals surface area contributed by atoms with Crippen molar-refractivity contribution in [3.05, 3.63) is 66.4 Å². The lowest BCUT2D eigenvalue weighted by Crippen LogP contribution is -2.13. The lowest BCUT2D eigenvalue weighted by Gasteiger charge is -2.22. The Bertz CT molecular complexity index is 1320. The highest BCUT2D eigenvalue weighted by molar-refractivity contribution is 6.01. The van der Waals surface area contributed by atoms with Crippen LogP contribution in [0.25, 0.3) is 11.1 Å². The number of carbonyl (C=O) groups excluding carboxylic acids is 1. The molecule has 0 radical (unpaired) electrons. The number of nitrogens with one attached hydrogen (secondary N) is 2.